The maximum absolute atomic E-state index is 5.54. The summed E-state index contributed by atoms with van der Waals surface area (Å²) in [6, 6.07) is 9.96. The second kappa shape index (κ2) is 6.89. The number of nitrogens with one attached hydrogen (secondary N) is 1. The third-order valence-corrected chi connectivity index (χ3v) is 2.94. The first-order chi connectivity index (χ1) is 9.76. The van der Waals surface area contributed by atoms with E-state index in [4.69, 9.17) is 4.74 Å². The van der Waals surface area contributed by atoms with Gasteiger partial charge in [0, 0.05) is 25.1 Å². The highest BCUT2D eigenvalue weighted by molar-refractivity contribution is 5.64. The van der Waals surface area contributed by atoms with Crippen LogP contribution in [0.15, 0.2) is 30.3 Å². The number of benzene rings is 1. The molecule has 0 fully saturated rings. The van der Waals surface area contributed by atoms with Crippen LogP contribution >= 0.6 is 0 Å². The zero-order valence-electron chi connectivity index (χ0n) is 12.3. The summed E-state index contributed by atoms with van der Waals surface area (Å²) in [7, 11) is 1.87. The van der Waals surface area contributed by atoms with Crippen LogP contribution in [0.3, 0.4) is 0 Å². The molecule has 0 aliphatic rings. The van der Waals surface area contributed by atoms with Crippen molar-refractivity contribution in [3.63, 3.8) is 0 Å². The molecule has 0 aliphatic carbocycles. The second-order valence-electron chi connectivity index (χ2n) is 4.52. The third kappa shape index (κ3) is 3.47. The Hall–Kier alpha value is -2.10. The van der Waals surface area contributed by atoms with E-state index in [0.717, 1.165) is 41.5 Å². The Morgan fingerprint density at radius 2 is 2.00 bits per heavy atom. The summed E-state index contributed by atoms with van der Waals surface area (Å²) >= 11 is 0. The molecule has 0 saturated heterocycles. The molecule has 0 spiro atoms. The lowest BCUT2D eigenvalue weighted by Gasteiger charge is -2.09. The van der Waals surface area contributed by atoms with E-state index in [9.17, 15) is 0 Å². The summed E-state index contributed by atoms with van der Waals surface area (Å²) in [5, 5.41) is 3.09. The molecule has 0 aliphatic heterocycles. The Labute approximate surface area is 120 Å². The molecule has 0 saturated carbocycles. The Kier molecular flexibility index (Phi) is 4.93. The fourth-order valence-electron chi connectivity index (χ4n) is 2.02. The van der Waals surface area contributed by atoms with Gasteiger partial charge in [0.05, 0.1) is 12.3 Å². The van der Waals surface area contributed by atoms with Crippen molar-refractivity contribution in [2.75, 3.05) is 19.0 Å². The SMILES string of the molecule is CCCc1nc(NC)cc(-c2cccc(OCC)c2)n1. The van der Waals surface area contributed by atoms with Gasteiger partial charge in [0.2, 0.25) is 0 Å². The van der Waals surface area contributed by atoms with E-state index in [0.29, 0.717) is 6.61 Å². The van der Waals surface area contributed by atoms with Crippen molar-refractivity contribution in [1.29, 1.82) is 0 Å². The van der Waals surface area contributed by atoms with Gasteiger partial charge in [0.15, 0.2) is 0 Å². The van der Waals surface area contributed by atoms with Crippen molar-refractivity contribution in [2.24, 2.45) is 0 Å². The smallest absolute Gasteiger partial charge is 0.131 e. The van der Waals surface area contributed by atoms with E-state index < -0.39 is 0 Å². The van der Waals surface area contributed by atoms with Crippen LogP contribution < -0.4 is 10.1 Å². The molecule has 0 bridgehead atoms. The topological polar surface area (TPSA) is 47.0 Å². The molecule has 1 heterocycles. The Balaban J connectivity index is 2.39. The molecular formula is C16H21N3O. The van der Waals surface area contributed by atoms with Crippen LogP contribution in [0.4, 0.5) is 5.82 Å². The first-order valence-electron chi connectivity index (χ1n) is 7.05. The van der Waals surface area contributed by atoms with E-state index in [1.165, 1.54) is 0 Å². The van der Waals surface area contributed by atoms with Gasteiger partial charge in [-0.3, -0.25) is 0 Å². The zero-order valence-corrected chi connectivity index (χ0v) is 12.3. The van der Waals surface area contributed by atoms with E-state index in [-0.39, 0.29) is 0 Å². The Morgan fingerprint density at radius 1 is 1.15 bits per heavy atom. The minimum Gasteiger partial charge on any atom is -0.494 e. The van der Waals surface area contributed by atoms with Gasteiger partial charge in [0.25, 0.3) is 0 Å². The van der Waals surface area contributed by atoms with Gasteiger partial charge in [-0.2, -0.15) is 0 Å². The number of anilines is 1. The molecule has 20 heavy (non-hydrogen) atoms. The molecule has 1 N–H and O–H groups in total. The first kappa shape index (κ1) is 14.3. The average Bonchev–Trinajstić information content (AvgIpc) is 2.48. The Bertz CT molecular complexity index is 569. The standard InChI is InChI=1S/C16H21N3O/c1-4-7-15-18-14(11-16(17-3)19-15)12-8-6-9-13(10-12)20-5-2/h6,8-11H,4-5,7H2,1-3H3,(H,17,18,19). The lowest BCUT2D eigenvalue weighted by molar-refractivity contribution is 0.340. The largest absolute Gasteiger partial charge is 0.494 e. The summed E-state index contributed by atoms with van der Waals surface area (Å²) in [5.41, 5.74) is 1.97. The predicted octanol–water partition coefficient (Wildman–Crippen LogP) is 3.54. The summed E-state index contributed by atoms with van der Waals surface area (Å²) in [5.74, 6) is 2.59. The molecule has 4 heteroatoms. The van der Waals surface area contributed by atoms with Crippen LogP contribution in [0.2, 0.25) is 0 Å². The molecule has 106 valence electrons. The molecule has 2 aromatic rings. The molecule has 4 nitrogen and oxygen atoms in total. The maximum atomic E-state index is 5.54. The Morgan fingerprint density at radius 3 is 2.70 bits per heavy atom. The van der Waals surface area contributed by atoms with Crippen LogP contribution in [0.1, 0.15) is 26.1 Å². The van der Waals surface area contributed by atoms with Gasteiger partial charge in [0.1, 0.15) is 17.4 Å². The molecular weight excluding hydrogens is 250 g/mol. The summed E-state index contributed by atoms with van der Waals surface area (Å²) in [4.78, 5) is 9.11. The number of ether oxygens (including phenoxy) is 1. The molecule has 0 atom stereocenters. The highest BCUT2D eigenvalue weighted by Crippen LogP contribution is 2.24. The number of hydrogen-bond donors (Lipinski definition) is 1. The number of rotatable bonds is 6. The third-order valence-electron chi connectivity index (χ3n) is 2.94. The van der Waals surface area contributed by atoms with Gasteiger partial charge in [-0.1, -0.05) is 19.1 Å². The summed E-state index contributed by atoms with van der Waals surface area (Å²) in [6.07, 6.45) is 1.92. The fourth-order valence-corrected chi connectivity index (χ4v) is 2.02. The normalized spacial score (nSPS) is 10.3. The maximum Gasteiger partial charge on any atom is 0.131 e. The summed E-state index contributed by atoms with van der Waals surface area (Å²) < 4.78 is 5.54. The van der Waals surface area contributed by atoms with Crippen molar-refractivity contribution in [3.8, 4) is 17.0 Å². The minimum atomic E-state index is 0.663. The second-order valence-corrected chi connectivity index (χ2v) is 4.52. The average molecular weight is 271 g/mol. The predicted molar refractivity (Wildman–Crippen MR) is 82.2 cm³/mol. The van der Waals surface area contributed by atoms with Crippen molar-refractivity contribution < 1.29 is 4.74 Å². The van der Waals surface area contributed by atoms with Crippen LogP contribution in [0.5, 0.6) is 5.75 Å². The van der Waals surface area contributed by atoms with Crippen LogP contribution in [-0.4, -0.2) is 23.6 Å². The molecule has 0 unspecified atom stereocenters. The molecule has 2 rings (SSSR count). The lowest BCUT2D eigenvalue weighted by Crippen LogP contribution is -2.01. The van der Waals surface area contributed by atoms with Gasteiger partial charge in [-0.15, -0.1) is 0 Å². The number of hydrogen-bond acceptors (Lipinski definition) is 4. The fraction of sp³-hybridized carbons (Fsp3) is 0.375. The van der Waals surface area contributed by atoms with E-state index in [2.05, 4.69) is 22.2 Å². The lowest BCUT2D eigenvalue weighted by atomic mass is 10.1. The number of aromatic nitrogens is 2. The van der Waals surface area contributed by atoms with E-state index in [1.807, 2.05) is 44.3 Å². The van der Waals surface area contributed by atoms with Crippen LogP contribution in [0.25, 0.3) is 11.3 Å². The quantitative estimate of drug-likeness (QED) is 0.873. The van der Waals surface area contributed by atoms with Gasteiger partial charge in [-0.25, -0.2) is 9.97 Å². The zero-order chi connectivity index (χ0) is 14.4. The minimum absolute atomic E-state index is 0.663. The van der Waals surface area contributed by atoms with Crippen molar-refractivity contribution in [1.82, 2.24) is 9.97 Å². The highest BCUT2D eigenvalue weighted by atomic mass is 16.5. The highest BCUT2D eigenvalue weighted by Gasteiger charge is 2.06. The number of aryl methyl sites for hydroxylation is 1. The summed E-state index contributed by atoms with van der Waals surface area (Å²) in [6.45, 7) is 4.77. The molecule has 0 radical (unpaired) electrons. The van der Waals surface area contributed by atoms with Gasteiger partial charge in [-0.05, 0) is 25.5 Å². The van der Waals surface area contributed by atoms with E-state index in [1.54, 1.807) is 0 Å². The molecule has 1 aromatic heterocycles. The van der Waals surface area contributed by atoms with Crippen molar-refractivity contribution >= 4 is 5.82 Å². The van der Waals surface area contributed by atoms with Crippen LogP contribution in [-0.2, 0) is 6.42 Å². The molecule has 1 aromatic carbocycles. The van der Waals surface area contributed by atoms with Gasteiger partial charge < -0.3 is 10.1 Å². The van der Waals surface area contributed by atoms with Crippen molar-refractivity contribution in [2.45, 2.75) is 26.7 Å². The van der Waals surface area contributed by atoms with Crippen LogP contribution in [0, 0.1) is 0 Å². The monoisotopic (exact) mass is 271 g/mol. The van der Waals surface area contributed by atoms with Gasteiger partial charge >= 0.3 is 0 Å². The molecule has 0 amide bonds. The first-order valence-corrected chi connectivity index (χ1v) is 7.05. The van der Waals surface area contributed by atoms with Crippen molar-refractivity contribution in [3.05, 3.63) is 36.2 Å². The van der Waals surface area contributed by atoms with E-state index >= 15 is 0 Å². The number of nitrogens with zero attached hydrogens (tertiary/aromatic N) is 2.